The molecule has 4 nitrogen and oxygen atoms in total. The molecule has 4 rings (SSSR count). The van der Waals surface area contributed by atoms with Crippen molar-refractivity contribution >= 4 is 37.8 Å². The third-order valence-electron chi connectivity index (χ3n) is 4.75. The molecule has 0 amide bonds. The third kappa shape index (κ3) is 4.11. The fraction of sp³-hybridized carbons (Fsp3) is 0.0455. The maximum Gasteiger partial charge on any atom is 0.240 e. The zero-order valence-corrected chi connectivity index (χ0v) is 19.2. The van der Waals surface area contributed by atoms with Crippen LogP contribution in [0.1, 0.15) is 0 Å². The van der Waals surface area contributed by atoms with Gasteiger partial charge in [-0.25, -0.2) is 21.8 Å². The largest absolute Gasteiger partial charge is 0.496 e. The quantitative estimate of drug-likeness (QED) is 0.156. The molecule has 34 heavy (non-hydrogen) atoms. The van der Waals surface area contributed by atoms with Crippen LogP contribution in [0.15, 0.2) is 52.0 Å². The highest BCUT2D eigenvalue weighted by Gasteiger charge is 2.29. The van der Waals surface area contributed by atoms with E-state index in [1.165, 1.54) is 49.7 Å². The molecule has 0 aliphatic rings. The van der Waals surface area contributed by atoms with E-state index in [9.17, 15) is 30.6 Å². The summed E-state index contributed by atoms with van der Waals surface area (Å²) in [6, 6.07) is 8.14. The van der Waals surface area contributed by atoms with Gasteiger partial charge in [0.1, 0.15) is 11.6 Å². The predicted octanol–water partition coefficient (Wildman–Crippen LogP) is 6.61. The summed E-state index contributed by atoms with van der Waals surface area (Å²) in [7, 11) is 1.40. The second kappa shape index (κ2) is 9.26. The van der Waals surface area contributed by atoms with Crippen LogP contribution < -0.4 is 8.92 Å². The predicted molar refractivity (Wildman–Crippen MR) is 115 cm³/mol. The number of hydrogen-bond acceptors (Lipinski definition) is 4. The monoisotopic (exact) mass is 561 g/mol. The van der Waals surface area contributed by atoms with E-state index in [0.29, 0.717) is 27.8 Å². The van der Waals surface area contributed by atoms with E-state index < -0.39 is 51.7 Å². The molecule has 1 heterocycles. The highest BCUT2D eigenvalue weighted by Crippen LogP contribution is 2.37. The second-order valence-electron chi connectivity index (χ2n) is 6.73. The van der Waals surface area contributed by atoms with E-state index >= 15 is 0 Å². The number of benzene rings is 3. The molecule has 1 unspecified atom stereocenters. The van der Waals surface area contributed by atoms with Crippen molar-refractivity contribution in [2.45, 2.75) is 4.90 Å². The number of nitrogens with zero attached hydrogens (tertiary/aromatic N) is 1. The van der Waals surface area contributed by atoms with E-state index in [1.807, 2.05) is 0 Å². The van der Waals surface area contributed by atoms with E-state index in [2.05, 4.69) is 25.1 Å². The van der Waals surface area contributed by atoms with Gasteiger partial charge in [0, 0.05) is 17.1 Å². The Morgan fingerprint density at radius 2 is 1.53 bits per heavy atom. The average Bonchev–Trinajstić information content (AvgIpc) is 2.84. The average molecular weight is 562 g/mol. The normalized spacial score (nSPS) is 12.1. The maximum atomic E-state index is 14.2. The van der Waals surface area contributed by atoms with E-state index in [4.69, 9.17) is 4.74 Å². The topological polar surface area (TPSA) is 48.4 Å². The molecule has 1 atom stereocenters. The van der Waals surface area contributed by atoms with Crippen molar-refractivity contribution in [3.63, 3.8) is 0 Å². The summed E-state index contributed by atoms with van der Waals surface area (Å²) in [6.07, 6.45) is 1.38. The first-order valence-electron chi connectivity index (χ1n) is 9.17. The lowest BCUT2D eigenvalue weighted by Gasteiger charge is -2.13. The molecule has 176 valence electrons. The van der Waals surface area contributed by atoms with Crippen LogP contribution in [-0.4, -0.2) is 16.3 Å². The Balaban J connectivity index is 1.76. The van der Waals surface area contributed by atoms with E-state index in [1.54, 1.807) is 0 Å². The Morgan fingerprint density at radius 1 is 0.882 bits per heavy atom. The number of fused-ring (bicyclic) bond motifs is 1. The summed E-state index contributed by atoms with van der Waals surface area (Å²) in [6.45, 7) is 0. The van der Waals surface area contributed by atoms with Gasteiger partial charge in [-0.2, -0.15) is 8.78 Å². The molecule has 1 aromatic heterocycles. The molecule has 0 radical (unpaired) electrons. The molecule has 12 heteroatoms. The fourth-order valence-electron chi connectivity index (χ4n) is 3.14. The molecular formula is C22H10BrF6NO3S. The minimum atomic E-state index is -2.65. The molecule has 0 saturated carbocycles. The summed E-state index contributed by atoms with van der Waals surface area (Å²) in [5, 5.41) is 0.891. The van der Waals surface area contributed by atoms with Crippen LogP contribution >= 0.6 is 15.9 Å². The third-order valence-corrected chi connectivity index (χ3v) is 6.32. The fourth-order valence-corrected chi connectivity index (χ4v) is 4.26. The SMILES string of the molecule is COc1cc(Br)c(F)cc1-c1nccc2cc(S(=O)Oc3c(F)c(F)c(F)c(F)c3F)ccc12. The number of pyridine rings is 1. The molecule has 0 fully saturated rings. The van der Waals surface area contributed by atoms with Crippen LogP contribution in [0.4, 0.5) is 26.3 Å². The van der Waals surface area contributed by atoms with Crippen LogP contribution in [0.3, 0.4) is 0 Å². The summed E-state index contributed by atoms with van der Waals surface area (Å²) < 4.78 is 105. The van der Waals surface area contributed by atoms with Gasteiger partial charge in [0.25, 0.3) is 0 Å². The van der Waals surface area contributed by atoms with Gasteiger partial charge >= 0.3 is 0 Å². The van der Waals surface area contributed by atoms with Gasteiger partial charge in [-0.1, -0.05) is 6.07 Å². The van der Waals surface area contributed by atoms with Crippen LogP contribution in [0.5, 0.6) is 11.5 Å². The minimum absolute atomic E-state index is 0.137. The zero-order chi connectivity index (χ0) is 24.7. The van der Waals surface area contributed by atoms with Crippen LogP contribution in [0, 0.1) is 34.9 Å². The molecule has 0 spiro atoms. The van der Waals surface area contributed by atoms with Gasteiger partial charge in [-0.15, -0.1) is 0 Å². The molecule has 0 N–H and O–H groups in total. The standard InChI is InChI=1S/C22H10BrF6NO3S/c1-32-15-8-13(23)14(24)7-12(15)21-11-3-2-10(6-9(11)4-5-30-21)34(31)33-22-19(28)17(26)16(25)18(27)20(22)29/h2-8H,1H3. The van der Waals surface area contributed by atoms with Crippen molar-refractivity contribution in [3.8, 4) is 22.8 Å². The lowest BCUT2D eigenvalue weighted by atomic mass is 10.0. The van der Waals surface area contributed by atoms with Gasteiger partial charge in [0.2, 0.25) is 45.9 Å². The first-order chi connectivity index (χ1) is 16.1. The first-order valence-corrected chi connectivity index (χ1v) is 11.0. The van der Waals surface area contributed by atoms with Crippen molar-refractivity contribution in [2.75, 3.05) is 7.11 Å². The number of hydrogen-bond donors (Lipinski definition) is 0. The van der Waals surface area contributed by atoms with Crippen molar-refractivity contribution in [3.05, 3.63) is 82.0 Å². The minimum Gasteiger partial charge on any atom is -0.496 e. The van der Waals surface area contributed by atoms with Gasteiger partial charge in [0.15, 0.2) is 0 Å². The Hall–Kier alpha value is -3.12. The summed E-state index contributed by atoms with van der Waals surface area (Å²) in [4.78, 5) is 4.13. The van der Waals surface area contributed by atoms with E-state index in [-0.39, 0.29) is 9.37 Å². The van der Waals surface area contributed by atoms with E-state index in [0.717, 1.165) is 0 Å². The van der Waals surface area contributed by atoms with Gasteiger partial charge < -0.3 is 8.92 Å². The van der Waals surface area contributed by atoms with Crippen LogP contribution in [0.25, 0.3) is 22.0 Å². The Labute approximate surface area is 198 Å². The molecule has 3 aromatic carbocycles. The molecule has 4 aromatic rings. The van der Waals surface area contributed by atoms with Crippen molar-refractivity contribution in [1.29, 1.82) is 0 Å². The van der Waals surface area contributed by atoms with Crippen LogP contribution in [0.2, 0.25) is 0 Å². The molecule has 0 saturated heterocycles. The molecular weight excluding hydrogens is 552 g/mol. The van der Waals surface area contributed by atoms with Gasteiger partial charge in [-0.3, -0.25) is 4.98 Å². The summed E-state index contributed by atoms with van der Waals surface area (Å²) in [5.74, 6) is -13.2. The highest BCUT2D eigenvalue weighted by atomic mass is 79.9. The maximum absolute atomic E-state index is 14.2. The molecule has 0 aliphatic carbocycles. The lowest BCUT2D eigenvalue weighted by Crippen LogP contribution is -2.09. The smallest absolute Gasteiger partial charge is 0.240 e. The Bertz CT molecular complexity index is 1450. The number of methoxy groups -OCH3 is 1. The lowest BCUT2D eigenvalue weighted by molar-refractivity contribution is 0.352. The molecule has 0 aliphatic heterocycles. The number of rotatable bonds is 5. The highest BCUT2D eigenvalue weighted by molar-refractivity contribution is 9.10. The summed E-state index contributed by atoms with van der Waals surface area (Å²) in [5.41, 5.74) is 0.638. The number of halogens is 7. The van der Waals surface area contributed by atoms with Crippen molar-refractivity contribution < 1.29 is 39.5 Å². The first kappa shape index (κ1) is 24.0. The van der Waals surface area contributed by atoms with Crippen molar-refractivity contribution in [2.24, 2.45) is 0 Å². The summed E-state index contributed by atoms with van der Waals surface area (Å²) >= 11 is 0.430. The number of ether oxygens (including phenoxy) is 1. The number of aromatic nitrogens is 1. The van der Waals surface area contributed by atoms with Crippen molar-refractivity contribution in [1.82, 2.24) is 4.98 Å². The molecule has 0 bridgehead atoms. The van der Waals surface area contributed by atoms with Gasteiger partial charge in [-0.05, 0) is 51.6 Å². The second-order valence-corrected chi connectivity index (χ2v) is 8.69. The zero-order valence-electron chi connectivity index (χ0n) is 16.8. The Kier molecular flexibility index (Phi) is 6.54. The van der Waals surface area contributed by atoms with Gasteiger partial charge in [0.05, 0.1) is 22.2 Å². The Morgan fingerprint density at radius 3 is 2.18 bits per heavy atom. The van der Waals surface area contributed by atoms with Crippen LogP contribution in [-0.2, 0) is 11.1 Å².